The first-order chi connectivity index (χ1) is 3.71. The second kappa shape index (κ2) is 10.8. The molecular formula is Fe4O7P2-4. The van der Waals surface area contributed by atoms with Crippen LogP contribution in [0.15, 0.2) is 0 Å². The minimum absolute atomic E-state index is 0. The van der Waals surface area contributed by atoms with Gasteiger partial charge in [-0.25, -0.2) is 0 Å². The third-order valence-corrected chi connectivity index (χ3v) is 1.80. The monoisotopic (exact) mass is 398 g/mol. The summed E-state index contributed by atoms with van der Waals surface area (Å²) in [5.74, 6) is 0. The van der Waals surface area contributed by atoms with E-state index in [1.807, 2.05) is 0 Å². The predicted octanol–water partition coefficient (Wildman–Crippen LogP) is -3.35. The summed E-state index contributed by atoms with van der Waals surface area (Å²) < 4.78 is 21.2. The van der Waals surface area contributed by atoms with Gasteiger partial charge in [-0.3, -0.25) is 0 Å². The zero-order chi connectivity index (χ0) is 7.71. The van der Waals surface area contributed by atoms with Crippen LogP contribution in [0, 0.1) is 0 Å². The summed E-state index contributed by atoms with van der Waals surface area (Å²) in [5, 5.41) is 0. The molecule has 0 fully saturated rings. The third kappa shape index (κ3) is 31.4. The number of rotatable bonds is 2. The van der Waals surface area contributed by atoms with Crippen LogP contribution in [-0.4, -0.2) is 0 Å². The van der Waals surface area contributed by atoms with Crippen molar-refractivity contribution in [2.75, 3.05) is 0 Å². The summed E-state index contributed by atoms with van der Waals surface area (Å²) in [4.78, 5) is 37.3. The Morgan fingerprint density at radius 2 is 0.846 bits per heavy atom. The predicted molar refractivity (Wildman–Crippen MR) is 16.3 cm³/mol. The van der Waals surface area contributed by atoms with Crippen LogP contribution in [-0.2, 0) is 81.7 Å². The van der Waals surface area contributed by atoms with Crippen molar-refractivity contribution in [2.45, 2.75) is 0 Å². The summed E-state index contributed by atoms with van der Waals surface area (Å²) in [6, 6.07) is 0. The Kier molecular flexibility index (Phi) is 24.6. The molecule has 0 aromatic rings. The average molecular weight is 397 g/mol. The van der Waals surface area contributed by atoms with Crippen LogP contribution in [0.1, 0.15) is 0 Å². The molecule has 0 saturated carbocycles. The van der Waals surface area contributed by atoms with Gasteiger partial charge in [0.05, 0.1) is 15.6 Å². The Balaban J connectivity index is -0.0000000533. The molecule has 0 N–H and O–H groups in total. The van der Waals surface area contributed by atoms with Gasteiger partial charge in [0.25, 0.3) is 0 Å². The van der Waals surface area contributed by atoms with Crippen LogP contribution in [0.2, 0.25) is 0 Å². The SMILES string of the molecule is O=P([O-])([O-])OP(=O)([O-])[O-].[Fe].[Fe].[Fe].[Fe]. The van der Waals surface area contributed by atoms with E-state index in [1.165, 1.54) is 0 Å². The zero-order valence-electron chi connectivity index (χ0n) is 5.17. The Morgan fingerprint density at radius 1 is 0.692 bits per heavy atom. The molecule has 13 heteroatoms. The molecule has 0 unspecified atom stereocenters. The van der Waals surface area contributed by atoms with Crippen LogP contribution < -0.4 is 19.6 Å². The molecule has 0 aliphatic rings. The molecule has 0 aromatic carbocycles. The Hall–Kier alpha value is 2.34. The zero-order valence-corrected chi connectivity index (χ0v) is 11.4. The standard InChI is InChI=1S/4Fe.H4O7P2/c;;;;1-8(2,3)7-9(4,5)6/h;;;;(H2,1,2,3)(H2,4,5,6)/p-4. The third-order valence-electron chi connectivity index (χ3n) is 0.200. The first-order valence-electron chi connectivity index (χ1n) is 1.46. The van der Waals surface area contributed by atoms with E-state index >= 15 is 0 Å². The van der Waals surface area contributed by atoms with Crippen molar-refractivity contribution < 1.29 is 101 Å². The van der Waals surface area contributed by atoms with E-state index in [0.29, 0.717) is 0 Å². The normalized spacial score (nSPS) is 9.54. The minimum Gasteiger partial charge on any atom is -0.790 e. The minimum atomic E-state index is -5.68. The van der Waals surface area contributed by atoms with Gasteiger partial charge in [0, 0.05) is 68.3 Å². The number of hydrogen-bond acceptors (Lipinski definition) is 7. The topological polar surface area (TPSA) is 136 Å². The number of hydrogen-bond donors (Lipinski definition) is 0. The molecule has 0 spiro atoms. The van der Waals surface area contributed by atoms with Crippen molar-refractivity contribution >= 4 is 15.6 Å². The summed E-state index contributed by atoms with van der Waals surface area (Å²) in [5.41, 5.74) is 0. The maximum absolute atomic E-state index is 9.32. The van der Waals surface area contributed by atoms with Crippen LogP contribution in [0.4, 0.5) is 0 Å². The van der Waals surface area contributed by atoms with E-state index in [9.17, 15) is 28.7 Å². The van der Waals surface area contributed by atoms with Gasteiger partial charge >= 0.3 is 0 Å². The molecule has 7 nitrogen and oxygen atoms in total. The Labute approximate surface area is 116 Å². The summed E-state index contributed by atoms with van der Waals surface area (Å²) in [7, 11) is -11.4. The van der Waals surface area contributed by atoms with Crippen molar-refractivity contribution in [1.82, 2.24) is 0 Å². The molecule has 0 radical (unpaired) electrons. The largest absolute Gasteiger partial charge is 0.790 e. The summed E-state index contributed by atoms with van der Waals surface area (Å²) >= 11 is 0. The van der Waals surface area contributed by atoms with Crippen molar-refractivity contribution in [3.63, 3.8) is 0 Å². The maximum Gasteiger partial charge on any atom is 0.0655 e. The first-order valence-corrected chi connectivity index (χ1v) is 4.38. The quantitative estimate of drug-likeness (QED) is 0.351. The number of phosphoric acid groups is 2. The maximum atomic E-state index is 9.32. The molecule has 0 heterocycles. The molecule has 0 bridgehead atoms. The van der Waals surface area contributed by atoms with Gasteiger partial charge in [0.1, 0.15) is 0 Å². The van der Waals surface area contributed by atoms with E-state index < -0.39 is 15.6 Å². The molecule has 13 heavy (non-hydrogen) atoms. The molecule has 0 rings (SSSR count). The van der Waals surface area contributed by atoms with E-state index in [1.54, 1.807) is 0 Å². The molecule has 88 valence electrons. The molecular weight excluding hydrogens is 397 g/mol. The van der Waals surface area contributed by atoms with E-state index in [0.717, 1.165) is 0 Å². The van der Waals surface area contributed by atoms with Crippen LogP contribution in [0.3, 0.4) is 0 Å². The van der Waals surface area contributed by atoms with Gasteiger partial charge in [-0.15, -0.1) is 0 Å². The van der Waals surface area contributed by atoms with Gasteiger partial charge in [0.2, 0.25) is 0 Å². The Morgan fingerprint density at radius 3 is 0.846 bits per heavy atom. The smallest absolute Gasteiger partial charge is 0.0655 e. The first kappa shape index (κ1) is 29.5. The van der Waals surface area contributed by atoms with Crippen LogP contribution >= 0.6 is 15.6 Å². The second-order valence-corrected chi connectivity index (χ2v) is 3.42. The van der Waals surface area contributed by atoms with Gasteiger partial charge in [0.15, 0.2) is 0 Å². The van der Waals surface area contributed by atoms with Crippen molar-refractivity contribution in [3.05, 3.63) is 0 Å². The molecule has 0 aromatic heterocycles. The van der Waals surface area contributed by atoms with Crippen LogP contribution in [0.25, 0.3) is 0 Å². The van der Waals surface area contributed by atoms with Gasteiger partial charge in [-0.2, -0.15) is 0 Å². The van der Waals surface area contributed by atoms with Gasteiger partial charge in [-0.05, 0) is 0 Å². The molecule has 0 amide bonds. The van der Waals surface area contributed by atoms with E-state index in [4.69, 9.17) is 0 Å². The fraction of sp³-hybridized carbons (Fsp3) is 0. The fourth-order valence-corrected chi connectivity index (χ4v) is 1.10. The van der Waals surface area contributed by atoms with Crippen molar-refractivity contribution in [2.24, 2.45) is 0 Å². The molecule has 0 saturated heterocycles. The van der Waals surface area contributed by atoms with Crippen molar-refractivity contribution in [1.29, 1.82) is 0 Å². The average Bonchev–Trinajstić information content (AvgIpc) is 1.14. The molecule has 0 atom stereocenters. The Bertz CT molecular complexity index is 159. The molecule has 0 aliphatic carbocycles. The van der Waals surface area contributed by atoms with E-state index in [-0.39, 0.29) is 68.3 Å². The molecule has 0 aliphatic heterocycles. The van der Waals surface area contributed by atoms with Crippen LogP contribution in [0.5, 0.6) is 0 Å². The van der Waals surface area contributed by atoms with Gasteiger partial charge < -0.3 is 33.0 Å². The summed E-state index contributed by atoms with van der Waals surface area (Å²) in [6.45, 7) is 0. The van der Waals surface area contributed by atoms with Crippen molar-refractivity contribution in [3.8, 4) is 0 Å². The fourth-order valence-electron chi connectivity index (χ4n) is 0.122. The second-order valence-electron chi connectivity index (χ2n) is 0.976. The van der Waals surface area contributed by atoms with Gasteiger partial charge in [-0.1, -0.05) is 0 Å². The van der Waals surface area contributed by atoms with E-state index in [2.05, 4.69) is 4.31 Å². The summed E-state index contributed by atoms with van der Waals surface area (Å²) in [6.07, 6.45) is 0.